The van der Waals surface area contributed by atoms with Gasteiger partial charge in [0.15, 0.2) is 0 Å². The molecule has 0 aliphatic rings. The number of benzene rings is 4. The predicted molar refractivity (Wildman–Crippen MR) is 120 cm³/mol. The second-order valence-electron chi connectivity index (χ2n) is 7.60. The smallest absolute Gasteiger partial charge is 0.126 e. The summed E-state index contributed by atoms with van der Waals surface area (Å²) in [5.41, 5.74) is 7.69. The molecule has 0 fully saturated rings. The summed E-state index contributed by atoms with van der Waals surface area (Å²) in [7, 11) is 0. The summed E-state index contributed by atoms with van der Waals surface area (Å²) in [5.74, 6) is -1.11. The maximum atomic E-state index is 13.4. The lowest BCUT2D eigenvalue weighted by Gasteiger charge is -2.07. The number of aryl methyl sites for hydroxylation is 3. The Morgan fingerprint density at radius 2 is 0.833 bits per heavy atom. The molecule has 0 amide bonds. The molecule has 0 saturated carbocycles. The summed E-state index contributed by atoms with van der Waals surface area (Å²) in [6.07, 6.45) is 2.92. The summed E-state index contributed by atoms with van der Waals surface area (Å²) in [6.45, 7) is 2.17. The van der Waals surface area contributed by atoms with Gasteiger partial charge in [-0.2, -0.15) is 0 Å². The molecule has 0 atom stereocenters. The van der Waals surface area contributed by atoms with Gasteiger partial charge in [0, 0.05) is 6.07 Å². The van der Waals surface area contributed by atoms with Crippen molar-refractivity contribution in [3.8, 4) is 22.3 Å². The van der Waals surface area contributed by atoms with E-state index in [1.165, 1.54) is 39.9 Å². The summed E-state index contributed by atoms with van der Waals surface area (Å²) < 4.78 is 26.9. The molecule has 30 heavy (non-hydrogen) atoms. The molecule has 2 heteroatoms. The van der Waals surface area contributed by atoms with Crippen LogP contribution in [0.15, 0.2) is 91.0 Å². The molecule has 0 aromatic heterocycles. The fraction of sp³-hybridized carbons (Fsp3) is 0.143. The van der Waals surface area contributed by atoms with Crippen LogP contribution >= 0.6 is 0 Å². The molecule has 150 valence electrons. The molecule has 0 unspecified atom stereocenters. The first kappa shape index (κ1) is 20.0. The molecule has 0 N–H and O–H groups in total. The Kier molecular flexibility index (Phi) is 6.04. The molecular formula is C28H24F2. The van der Waals surface area contributed by atoms with Crippen LogP contribution in [0, 0.1) is 11.6 Å². The number of hydrogen-bond donors (Lipinski definition) is 0. The molecule has 0 aliphatic carbocycles. The zero-order chi connectivity index (χ0) is 20.9. The SMILES string of the molecule is CCc1ccc(-c2ccc(CCc3ccc(-c4cc(F)cc(F)c4)cc3)cc2)cc1. The van der Waals surface area contributed by atoms with E-state index in [0.29, 0.717) is 5.56 Å². The average molecular weight is 398 g/mol. The number of halogens is 2. The molecule has 0 spiro atoms. The minimum absolute atomic E-state index is 0.557. The summed E-state index contributed by atoms with van der Waals surface area (Å²) in [5, 5.41) is 0. The van der Waals surface area contributed by atoms with Gasteiger partial charge in [-0.15, -0.1) is 0 Å². The largest absolute Gasteiger partial charge is 0.207 e. The second kappa shape index (κ2) is 9.04. The van der Waals surface area contributed by atoms with Crippen molar-refractivity contribution in [3.05, 3.63) is 119 Å². The second-order valence-corrected chi connectivity index (χ2v) is 7.60. The lowest BCUT2D eigenvalue weighted by molar-refractivity contribution is 0.584. The van der Waals surface area contributed by atoms with Gasteiger partial charge in [0.2, 0.25) is 0 Å². The van der Waals surface area contributed by atoms with Gasteiger partial charge in [-0.05, 0) is 70.3 Å². The molecule has 0 radical (unpaired) electrons. The van der Waals surface area contributed by atoms with Crippen molar-refractivity contribution in [1.82, 2.24) is 0 Å². The van der Waals surface area contributed by atoms with E-state index in [2.05, 4.69) is 55.5 Å². The van der Waals surface area contributed by atoms with Crippen LogP contribution in [0.4, 0.5) is 8.78 Å². The van der Waals surface area contributed by atoms with Crippen molar-refractivity contribution in [1.29, 1.82) is 0 Å². The minimum atomic E-state index is -0.557. The highest BCUT2D eigenvalue weighted by molar-refractivity contribution is 5.65. The Bertz CT molecular complexity index is 1090. The molecule has 0 aliphatic heterocycles. The van der Waals surface area contributed by atoms with Gasteiger partial charge < -0.3 is 0 Å². The van der Waals surface area contributed by atoms with Gasteiger partial charge >= 0.3 is 0 Å². The van der Waals surface area contributed by atoms with E-state index in [1.54, 1.807) is 0 Å². The maximum absolute atomic E-state index is 13.4. The first-order valence-corrected chi connectivity index (χ1v) is 10.3. The highest BCUT2D eigenvalue weighted by Crippen LogP contribution is 2.24. The molecule has 0 bridgehead atoms. The minimum Gasteiger partial charge on any atom is -0.207 e. The van der Waals surface area contributed by atoms with Crippen LogP contribution in [0.3, 0.4) is 0 Å². The maximum Gasteiger partial charge on any atom is 0.126 e. The third-order valence-corrected chi connectivity index (χ3v) is 5.50. The van der Waals surface area contributed by atoms with Crippen molar-refractivity contribution < 1.29 is 8.78 Å². The number of rotatable bonds is 6. The third-order valence-electron chi connectivity index (χ3n) is 5.50. The monoisotopic (exact) mass is 398 g/mol. The molecular weight excluding hydrogens is 374 g/mol. The van der Waals surface area contributed by atoms with E-state index in [0.717, 1.165) is 30.9 Å². The quantitative estimate of drug-likeness (QED) is 0.313. The lowest BCUT2D eigenvalue weighted by atomic mass is 9.98. The first-order valence-electron chi connectivity index (χ1n) is 10.3. The first-order chi connectivity index (χ1) is 14.6. The van der Waals surface area contributed by atoms with Crippen molar-refractivity contribution in [2.45, 2.75) is 26.2 Å². The van der Waals surface area contributed by atoms with Gasteiger partial charge in [-0.25, -0.2) is 8.78 Å². The van der Waals surface area contributed by atoms with Crippen molar-refractivity contribution in [3.63, 3.8) is 0 Å². The predicted octanol–water partition coefficient (Wildman–Crippen LogP) is 7.65. The fourth-order valence-corrected chi connectivity index (χ4v) is 3.67. The van der Waals surface area contributed by atoms with Gasteiger partial charge in [0.1, 0.15) is 11.6 Å². The molecule has 0 nitrogen and oxygen atoms in total. The van der Waals surface area contributed by atoms with E-state index in [1.807, 2.05) is 24.3 Å². The van der Waals surface area contributed by atoms with Crippen LogP contribution in [0.2, 0.25) is 0 Å². The van der Waals surface area contributed by atoms with Gasteiger partial charge in [0.05, 0.1) is 0 Å². The van der Waals surface area contributed by atoms with E-state index in [4.69, 9.17) is 0 Å². The van der Waals surface area contributed by atoms with Gasteiger partial charge in [0.25, 0.3) is 0 Å². The topological polar surface area (TPSA) is 0 Å². The zero-order valence-electron chi connectivity index (χ0n) is 17.0. The van der Waals surface area contributed by atoms with Crippen molar-refractivity contribution >= 4 is 0 Å². The molecule has 0 heterocycles. The van der Waals surface area contributed by atoms with Crippen LogP contribution in [-0.4, -0.2) is 0 Å². The average Bonchev–Trinajstić information content (AvgIpc) is 2.78. The highest BCUT2D eigenvalue weighted by atomic mass is 19.1. The Balaban J connectivity index is 1.39. The van der Waals surface area contributed by atoms with Gasteiger partial charge in [-0.3, -0.25) is 0 Å². The van der Waals surface area contributed by atoms with Crippen molar-refractivity contribution in [2.75, 3.05) is 0 Å². The normalized spacial score (nSPS) is 10.9. The van der Waals surface area contributed by atoms with E-state index in [9.17, 15) is 8.78 Å². The van der Waals surface area contributed by atoms with E-state index in [-0.39, 0.29) is 0 Å². The van der Waals surface area contributed by atoms with Crippen LogP contribution in [0.5, 0.6) is 0 Å². The number of hydrogen-bond acceptors (Lipinski definition) is 0. The van der Waals surface area contributed by atoms with Crippen LogP contribution in [0.25, 0.3) is 22.3 Å². The van der Waals surface area contributed by atoms with Gasteiger partial charge in [-0.1, -0.05) is 79.7 Å². The third kappa shape index (κ3) is 4.83. The molecule has 0 saturated heterocycles. The van der Waals surface area contributed by atoms with E-state index >= 15 is 0 Å². The molecule has 4 aromatic rings. The summed E-state index contributed by atoms with van der Waals surface area (Å²) in [6, 6.07) is 29.0. The highest BCUT2D eigenvalue weighted by Gasteiger charge is 2.04. The Labute approximate surface area is 176 Å². The lowest BCUT2D eigenvalue weighted by Crippen LogP contribution is -1.92. The van der Waals surface area contributed by atoms with Crippen LogP contribution in [0.1, 0.15) is 23.6 Å². The van der Waals surface area contributed by atoms with Crippen molar-refractivity contribution in [2.24, 2.45) is 0 Å². The Morgan fingerprint density at radius 1 is 0.467 bits per heavy atom. The van der Waals surface area contributed by atoms with Crippen LogP contribution < -0.4 is 0 Å². The van der Waals surface area contributed by atoms with Crippen LogP contribution in [-0.2, 0) is 19.3 Å². The zero-order valence-corrected chi connectivity index (χ0v) is 17.0. The Hall–Kier alpha value is -3.26. The summed E-state index contributed by atoms with van der Waals surface area (Å²) >= 11 is 0. The molecule has 4 rings (SSSR count). The molecule has 4 aromatic carbocycles. The standard InChI is InChI=1S/C28H24F2/c1-2-20-5-11-23(12-6-20)24-13-7-21(8-14-24)3-4-22-9-15-25(16-10-22)26-17-27(29)19-28(30)18-26/h5-19H,2-4H2,1H3. The van der Waals surface area contributed by atoms with E-state index < -0.39 is 11.6 Å². The Morgan fingerprint density at radius 3 is 1.23 bits per heavy atom. The fourth-order valence-electron chi connectivity index (χ4n) is 3.67. The summed E-state index contributed by atoms with van der Waals surface area (Å²) in [4.78, 5) is 0.